The van der Waals surface area contributed by atoms with Gasteiger partial charge in [0.2, 0.25) is 5.91 Å². The van der Waals surface area contributed by atoms with E-state index in [1.165, 1.54) is 5.69 Å². The molecule has 1 aromatic heterocycles. The molecular formula is C20H27N5OS. The van der Waals surface area contributed by atoms with Crippen LogP contribution in [-0.2, 0) is 4.79 Å². The fourth-order valence-electron chi connectivity index (χ4n) is 3.92. The Morgan fingerprint density at radius 2 is 1.63 bits per heavy atom. The van der Waals surface area contributed by atoms with Gasteiger partial charge in [-0.25, -0.2) is 4.98 Å². The van der Waals surface area contributed by atoms with Gasteiger partial charge in [-0.05, 0) is 19.1 Å². The normalized spacial score (nSPS) is 20.0. The number of hydrogen-bond donors (Lipinski definition) is 0. The molecule has 0 spiro atoms. The van der Waals surface area contributed by atoms with Crippen LogP contribution in [0.3, 0.4) is 0 Å². The molecule has 1 amide bonds. The number of benzene rings is 1. The highest BCUT2D eigenvalue weighted by Gasteiger charge is 2.30. The molecule has 27 heavy (non-hydrogen) atoms. The third-order valence-corrected chi connectivity index (χ3v) is 6.45. The molecule has 2 aliphatic rings. The van der Waals surface area contributed by atoms with E-state index in [9.17, 15) is 4.79 Å². The lowest BCUT2D eigenvalue weighted by Crippen LogP contribution is -2.57. The lowest BCUT2D eigenvalue weighted by molar-refractivity contribution is -0.136. The number of thiazole rings is 1. The Kier molecular flexibility index (Phi) is 5.59. The number of carbonyl (C=O) groups is 1. The first-order valence-electron chi connectivity index (χ1n) is 9.69. The summed E-state index contributed by atoms with van der Waals surface area (Å²) in [5.41, 5.74) is 1.25. The summed E-state index contributed by atoms with van der Waals surface area (Å²) in [7, 11) is 0. The molecule has 3 heterocycles. The topological polar surface area (TPSA) is 42.9 Å². The molecule has 1 atom stereocenters. The predicted octanol–water partition coefficient (Wildman–Crippen LogP) is 2.00. The van der Waals surface area contributed by atoms with Gasteiger partial charge in [0.1, 0.15) is 0 Å². The third-order valence-electron chi connectivity index (χ3n) is 5.62. The van der Waals surface area contributed by atoms with E-state index in [0.29, 0.717) is 0 Å². The lowest BCUT2D eigenvalue weighted by Gasteiger charge is -2.41. The molecule has 1 unspecified atom stereocenters. The second-order valence-electron chi connectivity index (χ2n) is 7.16. The zero-order valence-electron chi connectivity index (χ0n) is 15.8. The molecule has 1 aromatic carbocycles. The number of nitrogens with zero attached hydrogens (tertiary/aromatic N) is 5. The monoisotopic (exact) mass is 385 g/mol. The van der Waals surface area contributed by atoms with Crippen molar-refractivity contribution in [2.24, 2.45) is 0 Å². The van der Waals surface area contributed by atoms with E-state index in [2.05, 4.69) is 50.9 Å². The van der Waals surface area contributed by atoms with E-state index in [1.54, 1.807) is 11.3 Å². The van der Waals surface area contributed by atoms with Crippen molar-refractivity contribution in [1.82, 2.24) is 14.8 Å². The van der Waals surface area contributed by atoms with Crippen LogP contribution < -0.4 is 9.80 Å². The Balaban J connectivity index is 1.27. The highest BCUT2D eigenvalue weighted by molar-refractivity contribution is 7.13. The van der Waals surface area contributed by atoms with Gasteiger partial charge in [0.05, 0.1) is 6.04 Å². The van der Waals surface area contributed by atoms with Gasteiger partial charge in [0.25, 0.3) is 0 Å². The van der Waals surface area contributed by atoms with Gasteiger partial charge in [0.15, 0.2) is 5.13 Å². The summed E-state index contributed by atoms with van der Waals surface area (Å²) in [4.78, 5) is 26.4. The molecule has 0 aliphatic carbocycles. The molecule has 0 saturated carbocycles. The van der Waals surface area contributed by atoms with E-state index in [0.717, 1.165) is 57.5 Å². The highest BCUT2D eigenvalue weighted by atomic mass is 32.1. The van der Waals surface area contributed by atoms with Crippen molar-refractivity contribution < 1.29 is 4.79 Å². The first kappa shape index (κ1) is 18.3. The van der Waals surface area contributed by atoms with Crippen LogP contribution >= 0.6 is 11.3 Å². The minimum absolute atomic E-state index is 0.0493. The number of piperazine rings is 2. The maximum absolute atomic E-state index is 13.0. The van der Waals surface area contributed by atoms with Crippen molar-refractivity contribution in [3.63, 3.8) is 0 Å². The fraction of sp³-hybridized carbons (Fsp3) is 0.500. The summed E-state index contributed by atoms with van der Waals surface area (Å²) in [6.07, 6.45) is 1.85. The van der Waals surface area contributed by atoms with E-state index in [1.807, 2.05) is 22.5 Å². The molecule has 0 N–H and O–H groups in total. The second-order valence-corrected chi connectivity index (χ2v) is 8.03. The summed E-state index contributed by atoms with van der Waals surface area (Å²) in [5, 5.41) is 3.11. The van der Waals surface area contributed by atoms with Crippen LogP contribution in [0.25, 0.3) is 0 Å². The van der Waals surface area contributed by atoms with Crippen molar-refractivity contribution >= 4 is 28.1 Å². The van der Waals surface area contributed by atoms with Gasteiger partial charge < -0.3 is 14.7 Å². The number of hydrogen-bond acceptors (Lipinski definition) is 6. The van der Waals surface area contributed by atoms with Gasteiger partial charge in [-0.15, -0.1) is 11.3 Å². The van der Waals surface area contributed by atoms with Crippen LogP contribution in [0.5, 0.6) is 0 Å². The number of rotatable bonds is 4. The Morgan fingerprint density at radius 1 is 0.963 bits per heavy atom. The van der Waals surface area contributed by atoms with Gasteiger partial charge >= 0.3 is 0 Å². The molecule has 0 bridgehead atoms. The zero-order chi connectivity index (χ0) is 18.6. The van der Waals surface area contributed by atoms with Gasteiger partial charge in [-0.2, -0.15) is 0 Å². The summed E-state index contributed by atoms with van der Waals surface area (Å²) >= 11 is 1.68. The van der Waals surface area contributed by atoms with E-state index in [-0.39, 0.29) is 11.9 Å². The SMILES string of the molecule is CC(C(=O)N1CCN(c2ccccc2)CC1)N1CCN(c2nccs2)CC1. The molecule has 6 nitrogen and oxygen atoms in total. The van der Waals surface area contributed by atoms with Crippen LogP contribution in [-0.4, -0.2) is 79.1 Å². The van der Waals surface area contributed by atoms with E-state index in [4.69, 9.17) is 0 Å². The fourth-order valence-corrected chi connectivity index (χ4v) is 4.61. The highest BCUT2D eigenvalue weighted by Crippen LogP contribution is 2.21. The molecule has 7 heteroatoms. The summed E-state index contributed by atoms with van der Waals surface area (Å²) in [6, 6.07) is 10.4. The maximum atomic E-state index is 13.0. The Bertz CT molecular complexity index is 722. The Hall–Kier alpha value is -2.12. The summed E-state index contributed by atoms with van der Waals surface area (Å²) in [5.74, 6) is 0.269. The minimum Gasteiger partial charge on any atom is -0.368 e. The standard InChI is InChI=1S/C20H27N5OS/c1-17(22-8-14-25(15-9-22)20-21-7-16-27-20)19(26)24-12-10-23(11-13-24)18-5-3-2-4-6-18/h2-7,16-17H,8-15H2,1H3. The smallest absolute Gasteiger partial charge is 0.239 e. The van der Waals surface area contributed by atoms with E-state index < -0.39 is 0 Å². The maximum Gasteiger partial charge on any atom is 0.239 e. The van der Waals surface area contributed by atoms with Gasteiger partial charge in [0, 0.05) is 69.6 Å². The van der Waals surface area contributed by atoms with Crippen molar-refractivity contribution in [2.75, 3.05) is 62.2 Å². The average molecular weight is 386 g/mol. The minimum atomic E-state index is -0.0493. The molecule has 2 aliphatic heterocycles. The number of anilines is 2. The number of para-hydroxylation sites is 1. The van der Waals surface area contributed by atoms with Crippen LogP contribution in [0.15, 0.2) is 41.9 Å². The van der Waals surface area contributed by atoms with Crippen molar-refractivity contribution in [1.29, 1.82) is 0 Å². The van der Waals surface area contributed by atoms with Gasteiger partial charge in [-0.3, -0.25) is 9.69 Å². The zero-order valence-corrected chi connectivity index (χ0v) is 16.6. The molecule has 144 valence electrons. The lowest BCUT2D eigenvalue weighted by atomic mass is 10.1. The predicted molar refractivity (Wildman–Crippen MR) is 111 cm³/mol. The largest absolute Gasteiger partial charge is 0.368 e. The third kappa shape index (κ3) is 4.09. The number of carbonyl (C=O) groups excluding carboxylic acids is 1. The quantitative estimate of drug-likeness (QED) is 0.805. The molecule has 4 rings (SSSR count). The first-order chi connectivity index (χ1) is 13.2. The van der Waals surface area contributed by atoms with Crippen LogP contribution in [0.2, 0.25) is 0 Å². The first-order valence-corrected chi connectivity index (χ1v) is 10.6. The molecule has 0 radical (unpaired) electrons. The molecule has 2 fully saturated rings. The van der Waals surface area contributed by atoms with Crippen molar-refractivity contribution in [3.05, 3.63) is 41.9 Å². The number of amides is 1. The molecule has 2 aromatic rings. The second kappa shape index (κ2) is 8.27. The van der Waals surface area contributed by atoms with Crippen LogP contribution in [0, 0.1) is 0 Å². The molecular weight excluding hydrogens is 358 g/mol. The Labute approximate surface area is 165 Å². The Morgan fingerprint density at radius 3 is 2.26 bits per heavy atom. The summed E-state index contributed by atoms with van der Waals surface area (Å²) < 4.78 is 0. The average Bonchev–Trinajstić information content (AvgIpc) is 3.28. The van der Waals surface area contributed by atoms with E-state index >= 15 is 0 Å². The summed E-state index contributed by atoms with van der Waals surface area (Å²) in [6.45, 7) is 9.17. The molecule has 2 saturated heterocycles. The van der Waals surface area contributed by atoms with Crippen molar-refractivity contribution in [2.45, 2.75) is 13.0 Å². The van der Waals surface area contributed by atoms with Crippen LogP contribution in [0.4, 0.5) is 10.8 Å². The number of aromatic nitrogens is 1. The van der Waals surface area contributed by atoms with Crippen molar-refractivity contribution in [3.8, 4) is 0 Å². The van der Waals surface area contributed by atoms with Crippen LogP contribution in [0.1, 0.15) is 6.92 Å². The van der Waals surface area contributed by atoms with Gasteiger partial charge in [-0.1, -0.05) is 18.2 Å².